The molecule has 0 saturated heterocycles. The second-order valence-electron chi connectivity index (χ2n) is 10.1. The molecular weight excluding hydrogens is 432 g/mol. The second-order valence-corrected chi connectivity index (χ2v) is 10.5. The lowest BCUT2D eigenvalue weighted by Gasteiger charge is -2.31. The summed E-state index contributed by atoms with van der Waals surface area (Å²) in [7, 11) is 0. The zero-order valence-electron chi connectivity index (χ0n) is 21.0. The quantitative estimate of drug-likeness (QED) is 0.452. The summed E-state index contributed by atoms with van der Waals surface area (Å²) < 4.78 is 0. The first-order valence-electron chi connectivity index (χ1n) is 11.9. The Bertz CT molecular complexity index is 916. The highest BCUT2D eigenvalue weighted by molar-refractivity contribution is 6.31. The van der Waals surface area contributed by atoms with Gasteiger partial charge in [-0.15, -0.1) is 0 Å². The molecule has 0 radical (unpaired) electrons. The Kier molecular flexibility index (Phi) is 9.97. The maximum atomic E-state index is 13.4. The smallest absolute Gasteiger partial charge is 0.242 e. The monoisotopic (exact) mass is 470 g/mol. The van der Waals surface area contributed by atoms with Crippen molar-refractivity contribution in [1.82, 2.24) is 10.2 Å². The van der Waals surface area contributed by atoms with E-state index in [4.69, 9.17) is 11.6 Å². The highest BCUT2D eigenvalue weighted by atomic mass is 35.5. The summed E-state index contributed by atoms with van der Waals surface area (Å²) in [6.45, 7) is 13.5. The van der Waals surface area contributed by atoms with E-state index >= 15 is 0 Å². The predicted molar refractivity (Wildman–Crippen MR) is 137 cm³/mol. The molecule has 0 saturated carbocycles. The number of hydrogen-bond donors (Lipinski definition) is 1. The van der Waals surface area contributed by atoms with Crippen LogP contribution in [-0.2, 0) is 28.0 Å². The van der Waals surface area contributed by atoms with E-state index in [1.807, 2.05) is 31.2 Å². The van der Waals surface area contributed by atoms with Crippen molar-refractivity contribution in [3.63, 3.8) is 0 Å². The molecule has 0 aromatic heterocycles. The third-order valence-electron chi connectivity index (χ3n) is 5.82. The number of benzene rings is 2. The molecule has 180 valence electrons. The van der Waals surface area contributed by atoms with Gasteiger partial charge >= 0.3 is 0 Å². The van der Waals surface area contributed by atoms with Gasteiger partial charge in [-0.3, -0.25) is 9.59 Å². The highest BCUT2D eigenvalue weighted by Gasteiger charge is 2.29. The molecule has 0 aliphatic heterocycles. The van der Waals surface area contributed by atoms with Gasteiger partial charge < -0.3 is 10.2 Å². The molecule has 0 bridgehead atoms. The van der Waals surface area contributed by atoms with Crippen LogP contribution < -0.4 is 5.32 Å². The van der Waals surface area contributed by atoms with Crippen molar-refractivity contribution in [3.8, 4) is 0 Å². The minimum absolute atomic E-state index is 0.0404. The molecule has 1 N–H and O–H groups in total. The summed E-state index contributed by atoms with van der Waals surface area (Å²) in [5.41, 5.74) is 3.33. The first-order chi connectivity index (χ1) is 15.5. The van der Waals surface area contributed by atoms with Crippen LogP contribution in [0.15, 0.2) is 48.5 Å². The van der Waals surface area contributed by atoms with E-state index in [-0.39, 0.29) is 17.2 Å². The van der Waals surface area contributed by atoms with Gasteiger partial charge in [-0.25, -0.2) is 0 Å². The average Bonchev–Trinajstić information content (AvgIpc) is 2.76. The summed E-state index contributed by atoms with van der Waals surface area (Å²) >= 11 is 6.39. The summed E-state index contributed by atoms with van der Waals surface area (Å²) in [5.74, 6) is 0.192. The summed E-state index contributed by atoms with van der Waals surface area (Å²) in [5, 5.41) is 3.60. The molecule has 2 aromatic carbocycles. The second kappa shape index (κ2) is 12.2. The van der Waals surface area contributed by atoms with Gasteiger partial charge in [-0.05, 0) is 46.9 Å². The van der Waals surface area contributed by atoms with Gasteiger partial charge in [-0.2, -0.15) is 0 Å². The van der Waals surface area contributed by atoms with Crippen molar-refractivity contribution in [2.24, 2.45) is 5.92 Å². The summed E-state index contributed by atoms with van der Waals surface area (Å²) in [4.78, 5) is 28.1. The Labute approximate surface area is 204 Å². The molecule has 33 heavy (non-hydrogen) atoms. The molecule has 0 aliphatic carbocycles. The van der Waals surface area contributed by atoms with Crippen molar-refractivity contribution in [2.45, 2.75) is 78.8 Å². The third kappa shape index (κ3) is 8.19. The van der Waals surface area contributed by atoms with Crippen LogP contribution in [0.4, 0.5) is 0 Å². The van der Waals surface area contributed by atoms with Gasteiger partial charge in [0.05, 0.1) is 0 Å². The summed E-state index contributed by atoms with van der Waals surface area (Å²) in [6.07, 6.45) is 1.51. The first kappa shape index (κ1) is 26.9. The number of nitrogens with zero attached hydrogens (tertiary/aromatic N) is 1. The van der Waals surface area contributed by atoms with Gasteiger partial charge in [0, 0.05) is 24.5 Å². The van der Waals surface area contributed by atoms with Crippen molar-refractivity contribution in [1.29, 1.82) is 0 Å². The molecule has 2 amide bonds. The Hall–Kier alpha value is -2.33. The standard InChI is InChI=1S/C28H39ClN2O2/c1-7-25(27(33)30-18-20(2)3)31(19-22-10-8-9-11-24(22)29)26(32)17-14-21-12-15-23(16-13-21)28(4,5)6/h8-13,15-16,20,25H,7,14,17-19H2,1-6H3,(H,30,33). The molecule has 1 atom stereocenters. The Morgan fingerprint density at radius 1 is 1.03 bits per heavy atom. The van der Waals surface area contributed by atoms with Gasteiger partial charge in [0.2, 0.25) is 11.8 Å². The molecule has 2 rings (SSSR count). The van der Waals surface area contributed by atoms with Crippen molar-refractivity contribution in [2.75, 3.05) is 6.54 Å². The van der Waals surface area contributed by atoms with Crippen LogP contribution in [0.3, 0.4) is 0 Å². The number of amides is 2. The van der Waals surface area contributed by atoms with Crippen molar-refractivity contribution >= 4 is 23.4 Å². The Morgan fingerprint density at radius 2 is 1.67 bits per heavy atom. The largest absolute Gasteiger partial charge is 0.354 e. The molecule has 1 unspecified atom stereocenters. The zero-order valence-corrected chi connectivity index (χ0v) is 21.7. The molecule has 5 heteroatoms. The number of carbonyl (C=O) groups excluding carboxylic acids is 2. The Balaban J connectivity index is 2.19. The maximum absolute atomic E-state index is 13.4. The van der Waals surface area contributed by atoms with Crippen LogP contribution in [0.2, 0.25) is 5.02 Å². The fourth-order valence-electron chi connectivity index (χ4n) is 3.72. The number of carbonyl (C=O) groups is 2. The molecule has 4 nitrogen and oxygen atoms in total. The van der Waals surface area contributed by atoms with E-state index in [0.717, 1.165) is 11.1 Å². The molecule has 0 fully saturated rings. The van der Waals surface area contributed by atoms with Gasteiger partial charge in [0.15, 0.2) is 0 Å². The molecule has 2 aromatic rings. The lowest BCUT2D eigenvalue weighted by Crippen LogP contribution is -2.49. The van der Waals surface area contributed by atoms with Crippen LogP contribution in [0.1, 0.15) is 71.1 Å². The first-order valence-corrected chi connectivity index (χ1v) is 12.3. The van der Waals surface area contributed by atoms with Crippen LogP contribution >= 0.6 is 11.6 Å². The molecule has 0 spiro atoms. The average molecular weight is 471 g/mol. The third-order valence-corrected chi connectivity index (χ3v) is 6.19. The number of halogens is 1. The van der Waals surface area contributed by atoms with Crippen molar-refractivity contribution < 1.29 is 9.59 Å². The zero-order chi connectivity index (χ0) is 24.6. The van der Waals surface area contributed by atoms with Crippen LogP contribution in [-0.4, -0.2) is 29.3 Å². The van der Waals surface area contributed by atoms with Crippen molar-refractivity contribution in [3.05, 3.63) is 70.2 Å². The van der Waals surface area contributed by atoms with Crippen LogP contribution in [0, 0.1) is 5.92 Å². The molecule has 0 heterocycles. The predicted octanol–water partition coefficient (Wildman–Crippen LogP) is 6.15. The van der Waals surface area contributed by atoms with Crippen LogP contribution in [0.25, 0.3) is 0 Å². The number of aryl methyl sites for hydroxylation is 1. The number of nitrogens with one attached hydrogen (secondary N) is 1. The highest BCUT2D eigenvalue weighted by Crippen LogP contribution is 2.23. The SMILES string of the molecule is CCC(C(=O)NCC(C)C)N(Cc1ccccc1Cl)C(=O)CCc1ccc(C(C)(C)C)cc1. The Morgan fingerprint density at radius 3 is 2.21 bits per heavy atom. The summed E-state index contributed by atoms with van der Waals surface area (Å²) in [6, 6.07) is 15.4. The van der Waals surface area contributed by atoms with E-state index in [2.05, 4.69) is 64.2 Å². The molecular formula is C28H39ClN2O2. The fourth-order valence-corrected chi connectivity index (χ4v) is 3.91. The lowest BCUT2D eigenvalue weighted by atomic mass is 9.86. The van der Waals surface area contributed by atoms with E-state index < -0.39 is 6.04 Å². The van der Waals surface area contributed by atoms with Gasteiger partial charge in [0.25, 0.3) is 0 Å². The van der Waals surface area contributed by atoms with E-state index in [1.165, 1.54) is 5.56 Å². The number of rotatable bonds is 10. The molecule has 0 aliphatic rings. The van der Waals surface area contributed by atoms with Crippen LogP contribution in [0.5, 0.6) is 0 Å². The van der Waals surface area contributed by atoms with Gasteiger partial charge in [0.1, 0.15) is 6.04 Å². The minimum atomic E-state index is -0.532. The lowest BCUT2D eigenvalue weighted by molar-refractivity contribution is -0.141. The topological polar surface area (TPSA) is 49.4 Å². The van der Waals surface area contributed by atoms with E-state index in [0.29, 0.717) is 43.3 Å². The fraction of sp³-hybridized carbons (Fsp3) is 0.500. The minimum Gasteiger partial charge on any atom is -0.354 e. The maximum Gasteiger partial charge on any atom is 0.242 e. The van der Waals surface area contributed by atoms with E-state index in [9.17, 15) is 9.59 Å². The number of hydrogen-bond acceptors (Lipinski definition) is 2. The normalized spacial score (nSPS) is 12.5. The van der Waals surface area contributed by atoms with E-state index in [1.54, 1.807) is 4.90 Å². The van der Waals surface area contributed by atoms with Gasteiger partial charge in [-0.1, -0.05) is 95.6 Å².